The van der Waals surface area contributed by atoms with Gasteiger partial charge in [0.1, 0.15) is 6.04 Å². The number of carbonyl (C=O) groups excluding carboxylic acids is 1. The minimum Gasteiger partial charge on any atom is -0.468 e. The molecule has 23 heavy (non-hydrogen) atoms. The highest BCUT2D eigenvalue weighted by Crippen LogP contribution is 2.36. The SMILES string of the molecule is COC(=O)C1CCCCN1S(=O)(=O)c1ccccc1C(F)(F)F. The zero-order valence-corrected chi connectivity index (χ0v) is 13.2. The summed E-state index contributed by atoms with van der Waals surface area (Å²) in [5.41, 5.74) is -1.24. The summed E-state index contributed by atoms with van der Waals surface area (Å²) >= 11 is 0. The van der Waals surface area contributed by atoms with E-state index in [9.17, 15) is 26.4 Å². The molecule has 1 fully saturated rings. The van der Waals surface area contributed by atoms with Crippen molar-refractivity contribution in [1.29, 1.82) is 0 Å². The predicted octanol–water partition coefficient (Wildman–Crippen LogP) is 2.42. The highest BCUT2D eigenvalue weighted by molar-refractivity contribution is 7.89. The lowest BCUT2D eigenvalue weighted by molar-refractivity contribution is -0.146. The minimum atomic E-state index is -4.81. The van der Waals surface area contributed by atoms with Crippen molar-refractivity contribution in [3.8, 4) is 0 Å². The van der Waals surface area contributed by atoms with E-state index in [0.717, 1.165) is 23.5 Å². The van der Waals surface area contributed by atoms with E-state index in [2.05, 4.69) is 4.74 Å². The lowest BCUT2D eigenvalue weighted by Gasteiger charge is -2.33. The molecule has 0 aromatic heterocycles. The molecule has 1 aliphatic rings. The molecule has 1 aromatic carbocycles. The third kappa shape index (κ3) is 3.50. The van der Waals surface area contributed by atoms with E-state index in [1.54, 1.807) is 0 Å². The van der Waals surface area contributed by atoms with Crippen LogP contribution >= 0.6 is 0 Å². The van der Waals surface area contributed by atoms with Gasteiger partial charge in [-0.05, 0) is 31.4 Å². The number of ether oxygens (including phenoxy) is 1. The van der Waals surface area contributed by atoms with Crippen LogP contribution in [-0.4, -0.2) is 38.4 Å². The van der Waals surface area contributed by atoms with Crippen molar-refractivity contribution in [3.63, 3.8) is 0 Å². The van der Waals surface area contributed by atoms with Gasteiger partial charge < -0.3 is 4.74 Å². The molecule has 1 atom stereocenters. The molecule has 0 bridgehead atoms. The van der Waals surface area contributed by atoms with Crippen LogP contribution in [0.15, 0.2) is 29.2 Å². The number of alkyl halides is 3. The third-order valence-corrected chi connectivity index (χ3v) is 5.67. The maximum absolute atomic E-state index is 13.1. The second-order valence-electron chi connectivity index (χ2n) is 5.14. The van der Waals surface area contributed by atoms with E-state index in [-0.39, 0.29) is 13.0 Å². The average molecular weight is 351 g/mol. The third-order valence-electron chi connectivity index (χ3n) is 3.71. The molecule has 9 heteroatoms. The number of sulfonamides is 1. The van der Waals surface area contributed by atoms with E-state index < -0.39 is 38.7 Å². The largest absolute Gasteiger partial charge is 0.468 e. The number of nitrogens with zero attached hydrogens (tertiary/aromatic N) is 1. The minimum absolute atomic E-state index is 0.0196. The second kappa shape index (κ2) is 6.48. The van der Waals surface area contributed by atoms with Crippen molar-refractivity contribution < 1.29 is 31.1 Å². The van der Waals surface area contributed by atoms with Gasteiger partial charge in [-0.1, -0.05) is 12.1 Å². The van der Waals surface area contributed by atoms with Crippen LogP contribution in [0.4, 0.5) is 13.2 Å². The Morgan fingerprint density at radius 3 is 2.52 bits per heavy atom. The topological polar surface area (TPSA) is 63.7 Å². The molecule has 0 saturated carbocycles. The lowest BCUT2D eigenvalue weighted by Crippen LogP contribution is -2.48. The Labute approximate surface area is 132 Å². The van der Waals surface area contributed by atoms with E-state index in [4.69, 9.17) is 0 Å². The van der Waals surface area contributed by atoms with Crippen molar-refractivity contribution >= 4 is 16.0 Å². The lowest BCUT2D eigenvalue weighted by atomic mass is 10.1. The molecule has 2 rings (SSSR count). The number of halogens is 3. The van der Waals surface area contributed by atoms with Crippen molar-refractivity contribution in [2.75, 3.05) is 13.7 Å². The summed E-state index contributed by atoms with van der Waals surface area (Å²) in [5, 5.41) is 0. The van der Waals surface area contributed by atoms with E-state index >= 15 is 0 Å². The average Bonchev–Trinajstić information content (AvgIpc) is 2.53. The molecule has 1 unspecified atom stereocenters. The number of hydrogen-bond acceptors (Lipinski definition) is 4. The van der Waals surface area contributed by atoms with Crippen LogP contribution < -0.4 is 0 Å². The van der Waals surface area contributed by atoms with Crippen LogP contribution in [0.25, 0.3) is 0 Å². The summed E-state index contributed by atoms with van der Waals surface area (Å²) in [4.78, 5) is 10.9. The van der Waals surface area contributed by atoms with Crippen LogP contribution in [0, 0.1) is 0 Å². The first-order valence-electron chi connectivity index (χ1n) is 6.95. The standard InChI is InChI=1S/C14H16F3NO4S/c1-22-13(19)11-7-4-5-9-18(11)23(20,21)12-8-3-2-6-10(12)14(15,16)17/h2-3,6,8,11H,4-5,7,9H2,1H3. The van der Waals surface area contributed by atoms with Gasteiger partial charge >= 0.3 is 12.1 Å². The maximum Gasteiger partial charge on any atom is 0.417 e. The van der Waals surface area contributed by atoms with Crippen molar-refractivity contribution in [2.45, 2.75) is 36.4 Å². The molecule has 1 heterocycles. The number of benzene rings is 1. The molecule has 128 valence electrons. The van der Waals surface area contributed by atoms with Gasteiger partial charge in [0, 0.05) is 6.54 Å². The van der Waals surface area contributed by atoms with E-state index in [1.807, 2.05) is 0 Å². The quantitative estimate of drug-likeness (QED) is 0.785. The van der Waals surface area contributed by atoms with Crippen molar-refractivity contribution in [3.05, 3.63) is 29.8 Å². The molecule has 1 saturated heterocycles. The fourth-order valence-corrected chi connectivity index (χ4v) is 4.48. The highest BCUT2D eigenvalue weighted by Gasteiger charge is 2.43. The number of rotatable bonds is 3. The summed E-state index contributed by atoms with van der Waals surface area (Å²) in [5.74, 6) is -0.766. The van der Waals surface area contributed by atoms with Gasteiger partial charge in [0.05, 0.1) is 17.6 Å². The van der Waals surface area contributed by atoms with Crippen LogP contribution in [0.5, 0.6) is 0 Å². The Morgan fingerprint density at radius 1 is 1.26 bits per heavy atom. The monoisotopic (exact) mass is 351 g/mol. The van der Waals surface area contributed by atoms with Gasteiger partial charge in [0.2, 0.25) is 10.0 Å². The molecular formula is C14H16F3NO4S. The van der Waals surface area contributed by atoms with Gasteiger partial charge in [-0.2, -0.15) is 17.5 Å². The Balaban J connectivity index is 2.51. The first-order valence-corrected chi connectivity index (χ1v) is 8.39. The number of carbonyl (C=O) groups is 1. The molecule has 5 nitrogen and oxygen atoms in total. The number of methoxy groups -OCH3 is 1. The summed E-state index contributed by atoms with van der Waals surface area (Å²) in [6.07, 6.45) is -3.51. The van der Waals surface area contributed by atoms with Gasteiger partial charge in [0.25, 0.3) is 0 Å². The number of esters is 1. The smallest absolute Gasteiger partial charge is 0.417 e. The van der Waals surface area contributed by atoms with Gasteiger partial charge in [-0.25, -0.2) is 8.42 Å². The fraction of sp³-hybridized carbons (Fsp3) is 0.500. The molecule has 1 aliphatic heterocycles. The molecule has 0 amide bonds. The van der Waals surface area contributed by atoms with E-state index in [0.29, 0.717) is 18.9 Å². The molecule has 0 N–H and O–H groups in total. The maximum atomic E-state index is 13.1. The Morgan fingerprint density at radius 2 is 1.91 bits per heavy atom. The van der Waals surface area contributed by atoms with Crippen LogP contribution in [-0.2, 0) is 25.7 Å². The van der Waals surface area contributed by atoms with Crippen LogP contribution in [0.1, 0.15) is 24.8 Å². The fourth-order valence-electron chi connectivity index (χ4n) is 2.62. The van der Waals surface area contributed by atoms with Gasteiger partial charge in [-0.3, -0.25) is 4.79 Å². The summed E-state index contributed by atoms with van der Waals surface area (Å²) < 4.78 is 70.1. The summed E-state index contributed by atoms with van der Waals surface area (Å²) in [6, 6.07) is 2.86. The second-order valence-corrected chi connectivity index (χ2v) is 7.00. The first-order chi connectivity index (χ1) is 10.7. The van der Waals surface area contributed by atoms with Crippen LogP contribution in [0.3, 0.4) is 0 Å². The van der Waals surface area contributed by atoms with Crippen molar-refractivity contribution in [2.24, 2.45) is 0 Å². The van der Waals surface area contributed by atoms with Gasteiger partial charge in [-0.15, -0.1) is 0 Å². The normalized spacial score (nSPS) is 20.3. The Kier molecular flexibility index (Phi) is 5.00. The number of piperidine rings is 1. The summed E-state index contributed by atoms with van der Waals surface area (Å²) in [7, 11) is -3.35. The Hall–Kier alpha value is -1.61. The zero-order chi connectivity index (χ0) is 17.3. The zero-order valence-electron chi connectivity index (χ0n) is 12.3. The Bertz CT molecular complexity index is 688. The van der Waals surface area contributed by atoms with Crippen LogP contribution in [0.2, 0.25) is 0 Å². The molecule has 0 spiro atoms. The predicted molar refractivity (Wildman–Crippen MR) is 75.0 cm³/mol. The van der Waals surface area contributed by atoms with Gasteiger partial charge in [0.15, 0.2) is 0 Å². The molecular weight excluding hydrogens is 335 g/mol. The molecule has 1 aromatic rings. The molecule has 0 radical (unpaired) electrons. The highest BCUT2D eigenvalue weighted by atomic mass is 32.2. The first kappa shape index (κ1) is 17.7. The number of hydrogen-bond donors (Lipinski definition) is 0. The summed E-state index contributed by atoms with van der Waals surface area (Å²) in [6.45, 7) is -0.0196. The van der Waals surface area contributed by atoms with Crippen molar-refractivity contribution in [1.82, 2.24) is 4.31 Å². The van der Waals surface area contributed by atoms with E-state index in [1.165, 1.54) is 6.07 Å². The molecule has 0 aliphatic carbocycles.